The molecule has 2 rings (SSSR count). The van der Waals surface area contributed by atoms with Gasteiger partial charge in [0, 0.05) is 12.5 Å². The molecule has 4 nitrogen and oxygen atoms in total. The number of halogens is 1. The van der Waals surface area contributed by atoms with Crippen molar-refractivity contribution in [1.29, 1.82) is 0 Å². The molecule has 0 bridgehead atoms. The molecule has 0 aliphatic carbocycles. The summed E-state index contributed by atoms with van der Waals surface area (Å²) >= 11 is 0. The number of piperidine rings is 1. The smallest absolute Gasteiger partial charge is 0.310 e. The highest BCUT2D eigenvalue weighted by molar-refractivity contribution is 5.85. The lowest BCUT2D eigenvalue weighted by molar-refractivity contribution is -0.146. The molecule has 5 heteroatoms. The van der Waals surface area contributed by atoms with Gasteiger partial charge in [0.05, 0.1) is 20.1 Å². The second kappa shape index (κ2) is 7.36. The van der Waals surface area contributed by atoms with Crippen LogP contribution in [0.5, 0.6) is 5.75 Å². The predicted molar refractivity (Wildman–Crippen MR) is 76.0 cm³/mol. The number of nitrogens with one attached hydrogen (secondary N) is 1. The van der Waals surface area contributed by atoms with E-state index in [9.17, 15) is 4.79 Å². The van der Waals surface area contributed by atoms with Crippen molar-refractivity contribution < 1.29 is 14.3 Å². The molecule has 1 heterocycles. The largest absolute Gasteiger partial charge is 0.496 e. The molecule has 1 aliphatic rings. The van der Waals surface area contributed by atoms with Gasteiger partial charge in [-0.1, -0.05) is 18.2 Å². The van der Waals surface area contributed by atoms with Crippen molar-refractivity contribution in [2.24, 2.45) is 5.92 Å². The Morgan fingerprint density at radius 2 is 2.05 bits per heavy atom. The van der Waals surface area contributed by atoms with Gasteiger partial charge in [0.2, 0.25) is 0 Å². The monoisotopic (exact) mass is 285 g/mol. The van der Waals surface area contributed by atoms with Crippen LogP contribution in [-0.2, 0) is 9.53 Å². The van der Waals surface area contributed by atoms with Gasteiger partial charge in [-0.15, -0.1) is 12.4 Å². The summed E-state index contributed by atoms with van der Waals surface area (Å²) < 4.78 is 10.3. The number of rotatable bonds is 3. The van der Waals surface area contributed by atoms with Crippen molar-refractivity contribution in [1.82, 2.24) is 5.32 Å². The van der Waals surface area contributed by atoms with E-state index in [1.54, 1.807) is 7.11 Å². The molecule has 0 amide bonds. The molecule has 0 radical (unpaired) electrons. The van der Waals surface area contributed by atoms with Gasteiger partial charge < -0.3 is 14.8 Å². The van der Waals surface area contributed by atoms with Crippen LogP contribution in [0, 0.1) is 5.92 Å². The third kappa shape index (κ3) is 3.39. The van der Waals surface area contributed by atoms with E-state index in [2.05, 4.69) is 5.32 Å². The SMILES string of the molecule is COC(=O)C1CNCCC1c1ccccc1OC.Cl. The number of benzene rings is 1. The lowest BCUT2D eigenvalue weighted by atomic mass is 9.81. The van der Waals surface area contributed by atoms with E-state index in [0.717, 1.165) is 24.3 Å². The molecule has 1 aromatic carbocycles. The van der Waals surface area contributed by atoms with Crippen molar-refractivity contribution in [3.63, 3.8) is 0 Å². The first-order chi connectivity index (χ1) is 8.77. The summed E-state index contributed by atoms with van der Waals surface area (Å²) in [4.78, 5) is 11.8. The Morgan fingerprint density at radius 3 is 2.74 bits per heavy atom. The highest BCUT2D eigenvalue weighted by atomic mass is 35.5. The Hall–Kier alpha value is -1.26. The van der Waals surface area contributed by atoms with Crippen molar-refractivity contribution in [3.05, 3.63) is 29.8 Å². The van der Waals surface area contributed by atoms with Gasteiger partial charge in [0.25, 0.3) is 0 Å². The Morgan fingerprint density at radius 1 is 1.32 bits per heavy atom. The van der Waals surface area contributed by atoms with Gasteiger partial charge in [-0.3, -0.25) is 4.79 Å². The van der Waals surface area contributed by atoms with Crippen LogP contribution < -0.4 is 10.1 Å². The van der Waals surface area contributed by atoms with Gasteiger partial charge in [0.15, 0.2) is 0 Å². The summed E-state index contributed by atoms with van der Waals surface area (Å²) in [7, 11) is 3.10. The summed E-state index contributed by atoms with van der Waals surface area (Å²) in [6.45, 7) is 1.57. The number of carbonyl (C=O) groups is 1. The van der Waals surface area contributed by atoms with Crippen LogP contribution in [0.2, 0.25) is 0 Å². The number of hydrogen-bond donors (Lipinski definition) is 1. The van der Waals surface area contributed by atoms with Gasteiger partial charge in [-0.25, -0.2) is 0 Å². The van der Waals surface area contributed by atoms with Gasteiger partial charge in [0.1, 0.15) is 5.75 Å². The number of hydrogen-bond acceptors (Lipinski definition) is 4. The molecule has 106 valence electrons. The van der Waals surface area contributed by atoms with Crippen LogP contribution in [-0.4, -0.2) is 33.3 Å². The second-order valence-electron chi connectivity index (χ2n) is 4.47. The summed E-state index contributed by atoms with van der Waals surface area (Å²) in [6, 6.07) is 7.89. The normalized spacial score (nSPS) is 22.2. The Bertz CT molecular complexity index is 425. The first-order valence-corrected chi connectivity index (χ1v) is 6.19. The topological polar surface area (TPSA) is 47.6 Å². The maximum atomic E-state index is 11.8. The summed E-state index contributed by atoms with van der Waals surface area (Å²) in [5, 5.41) is 3.25. The molecule has 1 N–H and O–H groups in total. The zero-order valence-corrected chi connectivity index (χ0v) is 12.0. The number of para-hydroxylation sites is 1. The van der Waals surface area contributed by atoms with E-state index in [1.807, 2.05) is 24.3 Å². The number of ether oxygens (including phenoxy) is 2. The van der Waals surface area contributed by atoms with E-state index in [-0.39, 0.29) is 30.2 Å². The Kier molecular flexibility index (Phi) is 6.12. The van der Waals surface area contributed by atoms with E-state index < -0.39 is 0 Å². The third-order valence-electron chi connectivity index (χ3n) is 3.52. The molecular weight excluding hydrogens is 266 g/mol. The standard InChI is InChI=1S/C14H19NO3.ClH/c1-17-13-6-4-3-5-11(13)10-7-8-15-9-12(10)14(16)18-2;/h3-6,10,12,15H,7-9H2,1-2H3;1H. The van der Waals surface area contributed by atoms with Crippen LogP contribution in [0.15, 0.2) is 24.3 Å². The average molecular weight is 286 g/mol. The summed E-state index contributed by atoms with van der Waals surface area (Å²) in [5.74, 6) is 0.714. The van der Waals surface area contributed by atoms with Crippen LogP contribution in [0.1, 0.15) is 17.9 Å². The zero-order valence-electron chi connectivity index (χ0n) is 11.2. The highest BCUT2D eigenvalue weighted by Crippen LogP contribution is 2.36. The van der Waals surface area contributed by atoms with E-state index in [4.69, 9.17) is 9.47 Å². The maximum Gasteiger partial charge on any atom is 0.310 e. The zero-order chi connectivity index (χ0) is 13.0. The molecule has 0 saturated carbocycles. The summed E-state index contributed by atoms with van der Waals surface area (Å²) in [5.41, 5.74) is 1.09. The second-order valence-corrected chi connectivity index (χ2v) is 4.47. The predicted octanol–water partition coefficient (Wildman–Crippen LogP) is 1.98. The minimum absolute atomic E-state index is 0. The molecule has 2 unspecified atom stereocenters. The molecule has 1 aromatic rings. The van der Waals surface area contributed by atoms with Crippen LogP contribution in [0.4, 0.5) is 0 Å². The van der Waals surface area contributed by atoms with Crippen LogP contribution in [0.3, 0.4) is 0 Å². The van der Waals surface area contributed by atoms with Crippen molar-refractivity contribution in [2.75, 3.05) is 27.3 Å². The van der Waals surface area contributed by atoms with Gasteiger partial charge in [-0.05, 0) is 24.6 Å². The number of methoxy groups -OCH3 is 2. The number of esters is 1. The maximum absolute atomic E-state index is 11.8. The first kappa shape index (κ1) is 15.8. The van der Waals surface area contributed by atoms with Crippen molar-refractivity contribution in [2.45, 2.75) is 12.3 Å². The van der Waals surface area contributed by atoms with Crippen molar-refractivity contribution in [3.8, 4) is 5.75 Å². The van der Waals surface area contributed by atoms with Gasteiger partial charge in [-0.2, -0.15) is 0 Å². The Balaban J connectivity index is 0.00000180. The minimum atomic E-state index is -0.155. The molecule has 1 saturated heterocycles. The van der Waals surface area contributed by atoms with E-state index in [0.29, 0.717) is 6.54 Å². The van der Waals surface area contributed by atoms with E-state index >= 15 is 0 Å². The van der Waals surface area contributed by atoms with Crippen molar-refractivity contribution >= 4 is 18.4 Å². The quantitative estimate of drug-likeness (QED) is 0.863. The molecular formula is C14H20ClNO3. The number of carbonyl (C=O) groups excluding carboxylic acids is 1. The van der Waals surface area contributed by atoms with Gasteiger partial charge >= 0.3 is 5.97 Å². The molecule has 0 aromatic heterocycles. The summed E-state index contributed by atoms with van der Waals surface area (Å²) in [6.07, 6.45) is 0.917. The molecule has 1 fully saturated rings. The lowest BCUT2D eigenvalue weighted by Crippen LogP contribution is -2.40. The van der Waals surface area contributed by atoms with E-state index in [1.165, 1.54) is 7.11 Å². The van der Waals surface area contributed by atoms with Crippen LogP contribution >= 0.6 is 12.4 Å². The minimum Gasteiger partial charge on any atom is -0.496 e. The fourth-order valence-corrected chi connectivity index (χ4v) is 2.60. The average Bonchev–Trinajstić information content (AvgIpc) is 2.46. The lowest BCUT2D eigenvalue weighted by Gasteiger charge is -2.31. The molecule has 2 atom stereocenters. The molecule has 19 heavy (non-hydrogen) atoms. The highest BCUT2D eigenvalue weighted by Gasteiger charge is 2.34. The first-order valence-electron chi connectivity index (χ1n) is 6.19. The van der Waals surface area contributed by atoms with Crippen LogP contribution in [0.25, 0.3) is 0 Å². The fraction of sp³-hybridized carbons (Fsp3) is 0.500. The molecule has 1 aliphatic heterocycles. The fourth-order valence-electron chi connectivity index (χ4n) is 2.60. The Labute approximate surface area is 119 Å². The molecule has 0 spiro atoms. The third-order valence-corrected chi connectivity index (χ3v) is 3.52.